The zero-order valence-electron chi connectivity index (χ0n) is 20.5. The van der Waals surface area contributed by atoms with Crippen molar-refractivity contribution in [1.29, 1.82) is 0 Å². The third-order valence-electron chi connectivity index (χ3n) is 6.06. The lowest BCUT2D eigenvalue weighted by molar-refractivity contribution is 0.0689. The molecule has 4 amide bonds. The summed E-state index contributed by atoms with van der Waals surface area (Å²) >= 11 is 6.00. The Morgan fingerprint density at radius 2 is 1.84 bits per heavy atom. The van der Waals surface area contributed by atoms with Gasteiger partial charge in [-0.25, -0.2) is 24.3 Å². The maximum absolute atomic E-state index is 13.2. The van der Waals surface area contributed by atoms with Crippen LogP contribution >= 0.6 is 11.6 Å². The summed E-state index contributed by atoms with van der Waals surface area (Å²) in [6, 6.07) is 14.2. The van der Waals surface area contributed by atoms with Gasteiger partial charge < -0.3 is 15.2 Å². The van der Waals surface area contributed by atoms with Crippen LogP contribution in [0.3, 0.4) is 0 Å². The first-order valence-corrected chi connectivity index (χ1v) is 11.9. The Bertz CT molecular complexity index is 1350. The van der Waals surface area contributed by atoms with Crippen molar-refractivity contribution >= 4 is 35.3 Å². The second-order valence-electron chi connectivity index (χ2n) is 8.41. The molecule has 1 aliphatic rings. The van der Waals surface area contributed by atoms with Crippen molar-refractivity contribution in [2.24, 2.45) is 0 Å². The molecule has 1 saturated heterocycles. The number of pyridine rings is 1. The van der Waals surface area contributed by atoms with Crippen molar-refractivity contribution in [2.45, 2.75) is 33.6 Å². The Hall–Kier alpha value is -4.31. The lowest BCUT2D eigenvalue weighted by atomic mass is 10.1. The average molecular weight is 524 g/mol. The Kier molecular flexibility index (Phi) is 7.49. The van der Waals surface area contributed by atoms with E-state index in [1.807, 2.05) is 26.0 Å². The number of carboxylic acid groups (broad SMARTS) is 1. The number of nitrogens with one attached hydrogen (secondary N) is 2. The van der Waals surface area contributed by atoms with Gasteiger partial charge in [0.05, 0.1) is 6.54 Å². The summed E-state index contributed by atoms with van der Waals surface area (Å²) in [5.41, 5.74) is 3.01. The molecule has 0 radical (unpaired) electrons. The number of imide groups is 1. The molecule has 0 aliphatic carbocycles. The van der Waals surface area contributed by atoms with Crippen LogP contribution in [0.15, 0.2) is 54.6 Å². The van der Waals surface area contributed by atoms with Crippen molar-refractivity contribution in [3.63, 3.8) is 0 Å². The first kappa shape index (κ1) is 25.8. The van der Waals surface area contributed by atoms with Gasteiger partial charge in [0.1, 0.15) is 5.75 Å². The smallest absolute Gasteiger partial charge is 0.354 e. The monoisotopic (exact) mass is 523 g/mol. The molecule has 0 spiro atoms. The summed E-state index contributed by atoms with van der Waals surface area (Å²) in [4.78, 5) is 43.7. The number of carboxylic acids is 1. The van der Waals surface area contributed by atoms with Gasteiger partial charge in [0.25, 0.3) is 0 Å². The number of hydrogen-bond donors (Lipinski definition) is 3. The van der Waals surface area contributed by atoms with Gasteiger partial charge in [-0.1, -0.05) is 29.8 Å². The van der Waals surface area contributed by atoms with E-state index in [2.05, 4.69) is 15.6 Å². The summed E-state index contributed by atoms with van der Waals surface area (Å²) in [5.74, 6) is -0.495. The minimum atomic E-state index is -1.15. The molecule has 10 nitrogen and oxygen atoms in total. The topological polar surface area (TPSA) is 124 Å². The normalized spacial score (nSPS) is 15.4. The van der Waals surface area contributed by atoms with Crippen LogP contribution in [0.25, 0.3) is 0 Å². The molecule has 0 bridgehead atoms. The van der Waals surface area contributed by atoms with Crippen molar-refractivity contribution < 1.29 is 24.2 Å². The minimum Gasteiger partial charge on any atom is -0.477 e. The van der Waals surface area contributed by atoms with E-state index in [4.69, 9.17) is 21.4 Å². The second kappa shape index (κ2) is 10.8. The molecule has 1 aliphatic heterocycles. The molecule has 0 saturated carbocycles. The van der Waals surface area contributed by atoms with Crippen LogP contribution in [-0.2, 0) is 6.54 Å². The fourth-order valence-corrected chi connectivity index (χ4v) is 4.00. The zero-order chi connectivity index (χ0) is 26.7. The van der Waals surface area contributed by atoms with Crippen LogP contribution in [-0.4, -0.2) is 50.8 Å². The van der Waals surface area contributed by atoms with E-state index in [1.54, 1.807) is 43.3 Å². The molecule has 1 aromatic heterocycles. The Labute approximate surface area is 218 Å². The summed E-state index contributed by atoms with van der Waals surface area (Å²) in [7, 11) is 0. The molecule has 1 unspecified atom stereocenters. The fraction of sp³-hybridized carbons (Fsp3) is 0.231. The number of anilines is 1. The molecule has 11 heteroatoms. The Morgan fingerprint density at radius 1 is 1.11 bits per heavy atom. The van der Waals surface area contributed by atoms with E-state index < -0.39 is 24.3 Å². The number of ether oxygens (including phenoxy) is 1. The standard InChI is InChI=1S/C26H26ClN5O5/c1-4-31-25(35)30-24(32(26(31)36)14-17-8-10-18(27)11-9-17)29-19-12-13-21(16(3)15(19)2)37-22-7-5-6-20(28-22)23(33)34/h5-13,24,29H,4,14H2,1-3H3,(H,30,35)(H,33,34). The average Bonchev–Trinajstić information content (AvgIpc) is 2.87. The predicted molar refractivity (Wildman–Crippen MR) is 138 cm³/mol. The maximum atomic E-state index is 13.2. The van der Waals surface area contributed by atoms with Gasteiger partial charge in [-0.15, -0.1) is 0 Å². The van der Waals surface area contributed by atoms with Gasteiger partial charge >= 0.3 is 18.0 Å². The molecule has 4 rings (SSSR count). The molecule has 3 N–H and O–H groups in total. The number of urea groups is 2. The Morgan fingerprint density at radius 3 is 2.51 bits per heavy atom. The predicted octanol–water partition coefficient (Wildman–Crippen LogP) is 5.21. The van der Waals surface area contributed by atoms with Crippen LogP contribution in [0.2, 0.25) is 5.02 Å². The van der Waals surface area contributed by atoms with Crippen molar-refractivity contribution in [3.8, 4) is 11.6 Å². The van der Waals surface area contributed by atoms with Crippen molar-refractivity contribution in [1.82, 2.24) is 20.1 Å². The number of amides is 4. The number of rotatable bonds is 8. The molecule has 2 aromatic carbocycles. The van der Waals surface area contributed by atoms with E-state index in [0.29, 0.717) is 16.5 Å². The van der Waals surface area contributed by atoms with Crippen LogP contribution in [0, 0.1) is 13.8 Å². The molecular weight excluding hydrogens is 498 g/mol. The quantitative estimate of drug-likeness (QED) is 0.370. The lowest BCUT2D eigenvalue weighted by Crippen LogP contribution is -2.66. The number of hydrogen-bond acceptors (Lipinski definition) is 6. The molecule has 1 atom stereocenters. The first-order valence-electron chi connectivity index (χ1n) is 11.6. The van der Waals surface area contributed by atoms with Gasteiger partial charge in [-0.2, -0.15) is 0 Å². The van der Waals surface area contributed by atoms with E-state index in [0.717, 1.165) is 21.6 Å². The zero-order valence-corrected chi connectivity index (χ0v) is 21.2. The van der Waals surface area contributed by atoms with Crippen LogP contribution in [0.5, 0.6) is 11.6 Å². The minimum absolute atomic E-state index is 0.121. The van der Waals surface area contributed by atoms with Gasteiger partial charge in [0.15, 0.2) is 12.0 Å². The highest BCUT2D eigenvalue weighted by atomic mass is 35.5. The number of aromatic carboxylic acids is 1. The highest BCUT2D eigenvalue weighted by Gasteiger charge is 2.37. The molecule has 192 valence electrons. The third kappa shape index (κ3) is 5.59. The number of carbonyl (C=O) groups excluding carboxylic acids is 2. The number of halogens is 1. The van der Waals surface area contributed by atoms with E-state index in [-0.39, 0.29) is 24.7 Å². The van der Waals surface area contributed by atoms with E-state index >= 15 is 0 Å². The number of benzene rings is 2. The summed E-state index contributed by atoms with van der Waals surface area (Å²) in [6.45, 7) is 5.94. The molecular formula is C26H26ClN5O5. The Balaban J connectivity index is 1.58. The molecule has 3 aromatic rings. The first-order chi connectivity index (χ1) is 17.7. The number of nitrogens with zero attached hydrogens (tertiary/aromatic N) is 3. The van der Waals surface area contributed by atoms with Crippen molar-refractivity contribution in [2.75, 3.05) is 11.9 Å². The SMILES string of the molecule is CCN1C(=O)NC(Nc2ccc(Oc3cccc(C(=O)O)n3)c(C)c2C)N(Cc2ccc(Cl)cc2)C1=O. The number of carbonyl (C=O) groups is 3. The second-order valence-corrected chi connectivity index (χ2v) is 8.84. The van der Waals surface area contributed by atoms with Gasteiger partial charge in [0, 0.05) is 23.3 Å². The molecule has 2 heterocycles. The lowest BCUT2D eigenvalue weighted by Gasteiger charge is -2.41. The highest BCUT2D eigenvalue weighted by molar-refractivity contribution is 6.30. The van der Waals surface area contributed by atoms with Gasteiger partial charge in [-0.3, -0.25) is 10.2 Å². The van der Waals surface area contributed by atoms with Crippen molar-refractivity contribution in [3.05, 3.63) is 82.0 Å². The van der Waals surface area contributed by atoms with Gasteiger partial charge in [-0.05, 0) is 67.8 Å². The summed E-state index contributed by atoms with van der Waals surface area (Å²) in [5, 5.41) is 15.9. The summed E-state index contributed by atoms with van der Waals surface area (Å²) in [6.07, 6.45) is -0.808. The number of aromatic nitrogens is 1. The fourth-order valence-electron chi connectivity index (χ4n) is 3.88. The maximum Gasteiger partial charge on any atom is 0.354 e. The summed E-state index contributed by atoms with van der Waals surface area (Å²) < 4.78 is 5.84. The van der Waals surface area contributed by atoms with Crippen LogP contribution in [0.4, 0.5) is 15.3 Å². The van der Waals surface area contributed by atoms with E-state index in [1.165, 1.54) is 11.0 Å². The largest absolute Gasteiger partial charge is 0.477 e. The highest BCUT2D eigenvalue weighted by Crippen LogP contribution is 2.31. The van der Waals surface area contributed by atoms with Crippen LogP contribution < -0.4 is 15.4 Å². The third-order valence-corrected chi connectivity index (χ3v) is 6.31. The molecule has 37 heavy (non-hydrogen) atoms. The molecule has 1 fully saturated rings. The van der Waals surface area contributed by atoms with E-state index in [9.17, 15) is 14.4 Å². The van der Waals surface area contributed by atoms with Gasteiger partial charge in [0.2, 0.25) is 5.88 Å². The van der Waals surface area contributed by atoms with Crippen LogP contribution in [0.1, 0.15) is 34.1 Å².